The van der Waals surface area contributed by atoms with Crippen LogP contribution in [0.5, 0.6) is 0 Å². The second-order valence-corrected chi connectivity index (χ2v) is 8.28. The Morgan fingerprint density at radius 1 is 1.13 bits per heavy atom. The summed E-state index contributed by atoms with van der Waals surface area (Å²) in [5.41, 5.74) is 0.422. The van der Waals surface area contributed by atoms with Crippen molar-refractivity contribution in [2.24, 2.45) is 0 Å². The Hall–Kier alpha value is -2.54. The van der Waals surface area contributed by atoms with Crippen molar-refractivity contribution in [1.82, 2.24) is 10.2 Å². The van der Waals surface area contributed by atoms with Crippen LogP contribution in [-0.4, -0.2) is 22.8 Å². The van der Waals surface area contributed by atoms with E-state index in [4.69, 9.17) is 11.6 Å². The molecule has 2 aromatic carbocycles. The normalized spacial score (nSPS) is 15.8. The number of nitrogens with zero attached hydrogens (tertiary/aromatic N) is 1. The maximum atomic E-state index is 13.3. The van der Waals surface area contributed by atoms with E-state index < -0.39 is 23.8 Å². The Labute approximate surface area is 184 Å². The van der Waals surface area contributed by atoms with Gasteiger partial charge in [0.25, 0.3) is 0 Å². The number of nitrogens with one attached hydrogen (secondary N) is 1. The SMILES string of the molecule is CC(=O)NC(CC(=O)N(C1CC1)C(C)c1cccc(C(F)(F)F)c1)c1ccc(Cl)cc1. The van der Waals surface area contributed by atoms with Crippen molar-refractivity contribution in [3.8, 4) is 0 Å². The topological polar surface area (TPSA) is 49.4 Å². The van der Waals surface area contributed by atoms with Gasteiger partial charge in [-0.1, -0.05) is 35.9 Å². The fraction of sp³-hybridized carbons (Fsp3) is 0.391. The lowest BCUT2D eigenvalue weighted by Crippen LogP contribution is -2.38. The van der Waals surface area contributed by atoms with Gasteiger partial charge in [-0.25, -0.2) is 0 Å². The summed E-state index contributed by atoms with van der Waals surface area (Å²) >= 11 is 5.94. The molecule has 8 heteroatoms. The molecular formula is C23H24ClF3N2O2. The molecule has 2 atom stereocenters. The number of carbonyl (C=O) groups is 2. The summed E-state index contributed by atoms with van der Waals surface area (Å²) < 4.78 is 39.4. The van der Waals surface area contributed by atoms with E-state index in [1.807, 2.05) is 0 Å². The monoisotopic (exact) mass is 452 g/mol. The highest BCUT2D eigenvalue weighted by molar-refractivity contribution is 6.30. The zero-order chi connectivity index (χ0) is 22.8. The van der Waals surface area contributed by atoms with Gasteiger partial charge in [-0.2, -0.15) is 13.2 Å². The average molecular weight is 453 g/mol. The summed E-state index contributed by atoms with van der Waals surface area (Å²) in [6.07, 6.45) is -2.84. The van der Waals surface area contributed by atoms with Crippen LogP contribution >= 0.6 is 11.6 Å². The third kappa shape index (κ3) is 6.00. The van der Waals surface area contributed by atoms with Crippen molar-refractivity contribution in [3.63, 3.8) is 0 Å². The van der Waals surface area contributed by atoms with Gasteiger partial charge < -0.3 is 10.2 Å². The van der Waals surface area contributed by atoms with Gasteiger partial charge in [-0.15, -0.1) is 0 Å². The van der Waals surface area contributed by atoms with Crippen LogP contribution in [-0.2, 0) is 15.8 Å². The Balaban J connectivity index is 1.84. The third-order valence-electron chi connectivity index (χ3n) is 5.37. The number of hydrogen-bond acceptors (Lipinski definition) is 2. The van der Waals surface area contributed by atoms with E-state index in [1.54, 1.807) is 42.2 Å². The van der Waals surface area contributed by atoms with Gasteiger partial charge in [0.05, 0.1) is 24.1 Å². The van der Waals surface area contributed by atoms with Gasteiger partial charge >= 0.3 is 6.18 Å². The minimum atomic E-state index is -4.45. The predicted octanol–water partition coefficient (Wildman–Crippen LogP) is 5.68. The van der Waals surface area contributed by atoms with E-state index in [2.05, 4.69) is 5.32 Å². The van der Waals surface area contributed by atoms with Crippen molar-refractivity contribution < 1.29 is 22.8 Å². The van der Waals surface area contributed by atoms with Crippen LogP contribution in [0.25, 0.3) is 0 Å². The van der Waals surface area contributed by atoms with Crippen LogP contribution < -0.4 is 5.32 Å². The lowest BCUT2D eigenvalue weighted by molar-refractivity contribution is -0.137. The molecule has 2 unspecified atom stereocenters. The van der Waals surface area contributed by atoms with Crippen LogP contribution in [0.3, 0.4) is 0 Å². The second-order valence-electron chi connectivity index (χ2n) is 7.84. The molecule has 166 valence electrons. The van der Waals surface area contributed by atoms with Gasteiger partial charge in [-0.05, 0) is 55.2 Å². The van der Waals surface area contributed by atoms with Gasteiger partial charge in [0.1, 0.15) is 0 Å². The molecule has 0 saturated heterocycles. The predicted molar refractivity (Wildman–Crippen MR) is 112 cm³/mol. The summed E-state index contributed by atoms with van der Waals surface area (Å²) in [5.74, 6) is -0.502. The van der Waals surface area contributed by atoms with Crippen LogP contribution in [0.2, 0.25) is 5.02 Å². The molecule has 0 heterocycles. The first-order chi connectivity index (χ1) is 14.6. The van der Waals surface area contributed by atoms with Crippen molar-refractivity contribution in [2.45, 2.75) is 57.4 Å². The summed E-state index contributed by atoms with van der Waals surface area (Å²) in [4.78, 5) is 26.6. The molecule has 0 aliphatic heterocycles. The number of amides is 2. The van der Waals surface area contributed by atoms with E-state index >= 15 is 0 Å². The molecule has 3 rings (SSSR count). The highest BCUT2D eigenvalue weighted by atomic mass is 35.5. The largest absolute Gasteiger partial charge is 0.416 e. The molecule has 0 aromatic heterocycles. The fourth-order valence-corrected chi connectivity index (χ4v) is 3.82. The summed E-state index contributed by atoms with van der Waals surface area (Å²) in [7, 11) is 0. The zero-order valence-corrected chi connectivity index (χ0v) is 18.0. The summed E-state index contributed by atoms with van der Waals surface area (Å²) in [6, 6.07) is 10.8. The molecule has 0 spiro atoms. The van der Waals surface area contributed by atoms with E-state index in [1.165, 1.54) is 13.0 Å². The number of carbonyl (C=O) groups excluding carboxylic acids is 2. The quantitative estimate of drug-likeness (QED) is 0.587. The lowest BCUT2D eigenvalue weighted by Gasteiger charge is -2.32. The fourth-order valence-electron chi connectivity index (χ4n) is 3.70. The van der Waals surface area contributed by atoms with Crippen molar-refractivity contribution in [2.75, 3.05) is 0 Å². The summed E-state index contributed by atoms with van der Waals surface area (Å²) in [6.45, 7) is 3.11. The van der Waals surface area contributed by atoms with Gasteiger partial charge in [0, 0.05) is 18.0 Å². The maximum absolute atomic E-state index is 13.3. The first-order valence-corrected chi connectivity index (χ1v) is 10.4. The minimum absolute atomic E-state index is 0.00101. The molecule has 1 aliphatic carbocycles. The highest BCUT2D eigenvalue weighted by Crippen LogP contribution is 2.38. The van der Waals surface area contributed by atoms with Crippen LogP contribution in [0.1, 0.15) is 61.9 Å². The van der Waals surface area contributed by atoms with Crippen molar-refractivity contribution in [1.29, 1.82) is 0 Å². The van der Waals surface area contributed by atoms with E-state index in [0.29, 0.717) is 10.6 Å². The third-order valence-corrected chi connectivity index (χ3v) is 5.62. The number of hydrogen-bond donors (Lipinski definition) is 1. The number of rotatable bonds is 7. The van der Waals surface area contributed by atoms with E-state index in [9.17, 15) is 22.8 Å². The highest BCUT2D eigenvalue weighted by Gasteiger charge is 2.38. The number of halogens is 4. The van der Waals surface area contributed by atoms with Crippen molar-refractivity contribution >= 4 is 23.4 Å². The summed E-state index contributed by atoms with van der Waals surface area (Å²) in [5, 5.41) is 3.33. The molecule has 2 amide bonds. The van der Waals surface area contributed by atoms with Gasteiger partial charge in [0.15, 0.2) is 0 Å². The Kier molecular flexibility index (Phi) is 6.94. The molecule has 4 nitrogen and oxygen atoms in total. The number of alkyl halides is 3. The minimum Gasteiger partial charge on any atom is -0.349 e. The van der Waals surface area contributed by atoms with Crippen LogP contribution in [0.4, 0.5) is 13.2 Å². The second kappa shape index (κ2) is 9.30. The maximum Gasteiger partial charge on any atom is 0.416 e. The zero-order valence-electron chi connectivity index (χ0n) is 17.2. The Morgan fingerprint density at radius 3 is 2.32 bits per heavy atom. The van der Waals surface area contributed by atoms with Gasteiger partial charge in [-0.3, -0.25) is 9.59 Å². The van der Waals surface area contributed by atoms with E-state index in [0.717, 1.165) is 30.5 Å². The van der Waals surface area contributed by atoms with Gasteiger partial charge in [0.2, 0.25) is 11.8 Å². The first-order valence-electron chi connectivity index (χ1n) is 10.1. The standard InChI is InChI=1S/C23H24ClF3N2O2/c1-14(17-4-3-5-18(12-17)23(25,26)27)29(20-10-11-20)22(31)13-21(28-15(2)30)16-6-8-19(24)9-7-16/h3-9,12,14,20-21H,10-11,13H2,1-2H3,(H,28,30). The first kappa shape index (κ1) is 23.1. The van der Waals surface area contributed by atoms with E-state index in [-0.39, 0.29) is 24.3 Å². The molecule has 31 heavy (non-hydrogen) atoms. The van der Waals surface area contributed by atoms with Crippen LogP contribution in [0, 0.1) is 0 Å². The molecular weight excluding hydrogens is 429 g/mol. The number of benzene rings is 2. The molecule has 0 radical (unpaired) electrons. The smallest absolute Gasteiger partial charge is 0.349 e. The molecule has 1 fully saturated rings. The van der Waals surface area contributed by atoms with Crippen LogP contribution in [0.15, 0.2) is 48.5 Å². The molecule has 1 saturated carbocycles. The van der Waals surface area contributed by atoms with Crippen molar-refractivity contribution in [3.05, 3.63) is 70.2 Å². The Morgan fingerprint density at radius 2 is 1.77 bits per heavy atom. The molecule has 1 aliphatic rings. The molecule has 0 bridgehead atoms. The lowest BCUT2D eigenvalue weighted by atomic mass is 10.00. The molecule has 2 aromatic rings. The average Bonchev–Trinajstić information content (AvgIpc) is 3.52. The Bertz CT molecular complexity index is 943. The molecule has 1 N–H and O–H groups in total.